The Morgan fingerprint density at radius 3 is 2.04 bits per heavy atom. The van der Waals surface area contributed by atoms with Crippen molar-refractivity contribution in [3.05, 3.63) is 12.1 Å². The van der Waals surface area contributed by atoms with Gasteiger partial charge < -0.3 is 29.2 Å². The molecule has 2 amide bonds. The number of methoxy groups -OCH3 is 3. The fourth-order valence-corrected chi connectivity index (χ4v) is 2.70. The Kier molecular flexibility index (Phi) is 6.31. The van der Waals surface area contributed by atoms with Gasteiger partial charge in [-0.05, 0) is 13.8 Å². The third kappa shape index (κ3) is 4.01. The number of ether oxygens (including phenoxy) is 4. The zero-order chi connectivity index (χ0) is 19.3. The van der Waals surface area contributed by atoms with Gasteiger partial charge >= 0.3 is 0 Å². The standard InChI is InChI=1S/C18H26N2O6/c1-18(2,17(22)20-6-8-26-9-7-20)16(21)19-12-10-13(23-3)15(25-5)14(11-12)24-4/h10-11H,6-9H2,1-5H3,(H,19,21). The van der Waals surface area contributed by atoms with Crippen LogP contribution in [0.1, 0.15) is 13.8 Å². The second-order valence-corrected chi connectivity index (χ2v) is 6.40. The van der Waals surface area contributed by atoms with Crippen molar-refractivity contribution in [2.45, 2.75) is 13.8 Å². The number of morpholine rings is 1. The molecule has 1 aromatic rings. The molecule has 144 valence electrons. The maximum absolute atomic E-state index is 12.8. The number of rotatable bonds is 6. The molecule has 1 fully saturated rings. The van der Waals surface area contributed by atoms with E-state index in [0.717, 1.165) is 0 Å². The lowest BCUT2D eigenvalue weighted by atomic mass is 9.90. The molecule has 1 aliphatic rings. The quantitative estimate of drug-likeness (QED) is 0.769. The SMILES string of the molecule is COc1cc(NC(=O)C(C)(C)C(=O)N2CCOCC2)cc(OC)c1OC. The summed E-state index contributed by atoms with van der Waals surface area (Å²) in [5.41, 5.74) is -0.773. The molecule has 1 N–H and O–H groups in total. The topological polar surface area (TPSA) is 86.3 Å². The van der Waals surface area contributed by atoms with Gasteiger partial charge in [0.05, 0.1) is 34.5 Å². The number of benzene rings is 1. The lowest BCUT2D eigenvalue weighted by Gasteiger charge is -2.33. The Morgan fingerprint density at radius 1 is 1.04 bits per heavy atom. The van der Waals surface area contributed by atoms with E-state index in [9.17, 15) is 9.59 Å². The smallest absolute Gasteiger partial charge is 0.239 e. The lowest BCUT2D eigenvalue weighted by Crippen LogP contribution is -2.51. The third-order valence-corrected chi connectivity index (χ3v) is 4.32. The minimum absolute atomic E-state index is 0.231. The molecule has 0 aliphatic carbocycles. The van der Waals surface area contributed by atoms with E-state index < -0.39 is 11.3 Å². The molecule has 1 heterocycles. The highest BCUT2D eigenvalue weighted by atomic mass is 16.5. The number of amides is 2. The number of hydrogen-bond acceptors (Lipinski definition) is 6. The molecule has 0 atom stereocenters. The van der Waals surface area contributed by atoms with Gasteiger partial charge in [-0.3, -0.25) is 9.59 Å². The van der Waals surface area contributed by atoms with Crippen LogP contribution in [0, 0.1) is 5.41 Å². The number of carbonyl (C=O) groups is 2. The normalized spacial score (nSPS) is 14.6. The van der Waals surface area contributed by atoms with Gasteiger partial charge in [0.2, 0.25) is 17.6 Å². The van der Waals surface area contributed by atoms with Gasteiger partial charge in [0.15, 0.2) is 11.5 Å². The molecule has 1 aromatic carbocycles. The monoisotopic (exact) mass is 366 g/mol. The van der Waals surface area contributed by atoms with Crippen molar-refractivity contribution < 1.29 is 28.5 Å². The summed E-state index contributed by atoms with van der Waals surface area (Å²) in [5, 5.41) is 2.77. The minimum atomic E-state index is -1.22. The summed E-state index contributed by atoms with van der Waals surface area (Å²) in [6, 6.07) is 3.24. The van der Waals surface area contributed by atoms with Crippen LogP contribution in [0.25, 0.3) is 0 Å². The molecule has 26 heavy (non-hydrogen) atoms. The first kappa shape index (κ1) is 19.8. The number of nitrogens with zero attached hydrogens (tertiary/aromatic N) is 1. The molecule has 0 saturated carbocycles. The first-order valence-electron chi connectivity index (χ1n) is 8.33. The second-order valence-electron chi connectivity index (χ2n) is 6.40. The predicted molar refractivity (Wildman–Crippen MR) is 95.9 cm³/mol. The van der Waals surface area contributed by atoms with Gasteiger partial charge in [-0.1, -0.05) is 0 Å². The van der Waals surface area contributed by atoms with Gasteiger partial charge in [0.25, 0.3) is 0 Å². The van der Waals surface area contributed by atoms with Crippen molar-refractivity contribution in [1.82, 2.24) is 4.90 Å². The Balaban J connectivity index is 2.21. The summed E-state index contributed by atoms with van der Waals surface area (Å²) in [7, 11) is 4.49. The van der Waals surface area contributed by atoms with Gasteiger partial charge in [-0.25, -0.2) is 0 Å². The highest BCUT2D eigenvalue weighted by molar-refractivity contribution is 6.10. The fraction of sp³-hybridized carbons (Fsp3) is 0.556. The van der Waals surface area contributed by atoms with Crippen LogP contribution in [0.3, 0.4) is 0 Å². The Morgan fingerprint density at radius 2 is 1.58 bits per heavy atom. The van der Waals surface area contributed by atoms with Crippen LogP contribution in [0.15, 0.2) is 12.1 Å². The van der Waals surface area contributed by atoms with Crippen LogP contribution in [0.5, 0.6) is 17.2 Å². The summed E-state index contributed by atoms with van der Waals surface area (Å²) >= 11 is 0. The molecule has 0 unspecified atom stereocenters. The number of hydrogen-bond donors (Lipinski definition) is 1. The summed E-state index contributed by atoms with van der Waals surface area (Å²) in [5.74, 6) is 0.615. The van der Waals surface area contributed by atoms with Crippen molar-refractivity contribution in [2.24, 2.45) is 5.41 Å². The molecule has 2 rings (SSSR count). The van der Waals surface area contributed by atoms with Gasteiger partial charge in [0, 0.05) is 30.9 Å². The zero-order valence-corrected chi connectivity index (χ0v) is 15.9. The summed E-state index contributed by atoms with van der Waals surface area (Å²) in [4.78, 5) is 27.2. The average Bonchev–Trinajstić information content (AvgIpc) is 2.66. The zero-order valence-electron chi connectivity index (χ0n) is 15.9. The van der Waals surface area contributed by atoms with Gasteiger partial charge in [-0.15, -0.1) is 0 Å². The van der Waals surface area contributed by atoms with E-state index in [1.807, 2.05) is 0 Å². The maximum atomic E-state index is 12.8. The van der Waals surface area contributed by atoms with Gasteiger partial charge in [-0.2, -0.15) is 0 Å². The van der Waals surface area contributed by atoms with E-state index in [1.54, 1.807) is 30.9 Å². The Hall–Kier alpha value is -2.48. The molecule has 1 aliphatic heterocycles. The highest BCUT2D eigenvalue weighted by Crippen LogP contribution is 2.40. The van der Waals surface area contributed by atoms with Crippen molar-refractivity contribution in [2.75, 3.05) is 52.9 Å². The average molecular weight is 366 g/mol. The van der Waals surface area contributed by atoms with Crippen LogP contribution in [-0.2, 0) is 14.3 Å². The molecule has 8 heteroatoms. The number of anilines is 1. The van der Waals surface area contributed by atoms with E-state index >= 15 is 0 Å². The van der Waals surface area contributed by atoms with Crippen LogP contribution in [0.2, 0.25) is 0 Å². The van der Waals surface area contributed by atoms with Crippen LogP contribution < -0.4 is 19.5 Å². The minimum Gasteiger partial charge on any atom is -0.493 e. The lowest BCUT2D eigenvalue weighted by molar-refractivity contribution is -0.149. The molecule has 0 spiro atoms. The predicted octanol–water partition coefficient (Wildman–Crippen LogP) is 1.54. The van der Waals surface area contributed by atoms with Gasteiger partial charge in [0.1, 0.15) is 5.41 Å². The summed E-state index contributed by atoms with van der Waals surface area (Å²) in [6.45, 7) is 5.16. The van der Waals surface area contributed by atoms with Crippen molar-refractivity contribution in [1.29, 1.82) is 0 Å². The van der Waals surface area contributed by atoms with Crippen molar-refractivity contribution >= 4 is 17.5 Å². The number of carbonyl (C=O) groups excluding carboxylic acids is 2. The number of nitrogens with one attached hydrogen (secondary N) is 1. The Bertz CT molecular complexity index is 643. The van der Waals surface area contributed by atoms with E-state index in [0.29, 0.717) is 49.2 Å². The van der Waals surface area contributed by atoms with Crippen molar-refractivity contribution in [3.63, 3.8) is 0 Å². The van der Waals surface area contributed by atoms with E-state index in [1.165, 1.54) is 21.3 Å². The maximum Gasteiger partial charge on any atom is 0.239 e. The molecule has 1 saturated heterocycles. The first-order chi connectivity index (χ1) is 12.3. The Labute approximate surface area is 153 Å². The molecule has 0 radical (unpaired) electrons. The van der Waals surface area contributed by atoms with Crippen LogP contribution in [-0.4, -0.2) is 64.3 Å². The first-order valence-corrected chi connectivity index (χ1v) is 8.33. The van der Waals surface area contributed by atoms with E-state index in [2.05, 4.69) is 5.32 Å². The van der Waals surface area contributed by atoms with Crippen LogP contribution in [0.4, 0.5) is 5.69 Å². The van der Waals surface area contributed by atoms with Crippen LogP contribution >= 0.6 is 0 Å². The molecule has 0 bridgehead atoms. The van der Waals surface area contributed by atoms with E-state index in [-0.39, 0.29) is 5.91 Å². The molecular formula is C18H26N2O6. The molecular weight excluding hydrogens is 340 g/mol. The summed E-state index contributed by atoms with van der Waals surface area (Å²) < 4.78 is 21.1. The second kappa shape index (κ2) is 8.27. The third-order valence-electron chi connectivity index (χ3n) is 4.32. The fourth-order valence-electron chi connectivity index (χ4n) is 2.70. The largest absolute Gasteiger partial charge is 0.493 e. The summed E-state index contributed by atoms with van der Waals surface area (Å²) in [6.07, 6.45) is 0. The van der Waals surface area contributed by atoms with E-state index in [4.69, 9.17) is 18.9 Å². The highest BCUT2D eigenvalue weighted by Gasteiger charge is 2.39. The molecule has 8 nitrogen and oxygen atoms in total. The molecule has 0 aromatic heterocycles. The van der Waals surface area contributed by atoms with Crippen molar-refractivity contribution in [3.8, 4) is 17.2 Å².